The molecule has 1 saturated heterocycles. The lowest BCUT2D eigenvalue weighted by Crippen LogP contribution is -2.49. The second kappa shape index (κ2) is 7.86. The SMILES string of the molecule is CC(C)CCC(C)NC(=O)C1CSCN1C(=O)c1cn(C)cn1. The Bertz CT molecular complexity index is 558. The lowest BCUT2D eigenvalue weighted by atomic mass is 10.0. The van der Waals surface area contributed by atoms with Crippen LogP contribution in [0.5, 0.6) is 0 Å². The van der Waals surface area contributed by atoms with E-state index in [1.807, 2.05) is 14.0 Å². The Morgan fingerprint density at radius 1 is 1.39 bits per heavy atom. The summed E-state index contributed by atoms with van der Waals surface area (Å²) in [6.45, 7) is 6.37. The summed E-state index contributed by atoms with van der Waals surface area (Å²) in [5.74, 6) is 1.56. The van der Waals surface area contributed by atoms with Crippen molar-refractivity contribution in [3.63, 3.8) is 0 Å². The van der Waals surface area contributed by atoms with E-state index < -0.39 is 6.04 Å². The fourth-order valence-corrected chi connectivity index (χ4v) is 3.68. The van der Waals surface area contributed by atoms with Crippen molar-refractivity contribution in [1.82, 2.24) is 19.8 Å². The lowest BCUT2D eigenvalue weighted by molar-refractivity contribution is -0.125. The number of thioether (sulfide) groups is 1. The summed E-state index contributed by atoms with van der Waals surface area (Å²) in [6.07, 6.45) is 5.32. The first-order valence-electron chi connectivity index (χ1n) is 8.05. The second-order valence-corrected chi connectivity index (χ2v) is 7.60. The minimum absolute atomic E-state index is 0.0597. The zero-order valence-electron chi connectivity index (χ0n) is 14.3. The summed E-state index contributed by atoms with van der Waals surface area (Å²) in [7, 11) is 1.82. The molecular weight excluding hydrogens is 312 g/mol. The molecule has 128 valence electrons. The smallest absolute Gasteiger partial charge is 0.275 e. The molecule has 1 N–H and O–H groups in total. The fourth-order valence-electron chi connectivity index (χ4n) is 2.52. The fraction of sp³-hybridized carbons (Fsp3) is 0.688. The molecule has 1 aliphatic rings. The van der Waals surface area contributed by atoms with Gasteiger partial charge in [0.15, 0.2) is 0 Å². The van der Waals surface area contributed by atoms with Gasteiger partial charge in [0, 0.05) is 25.0 Å². The number of aryl methyl sites for hydroxylation is 1. The van der Waals surface area contributed by atoms with Crippen LogP contribution in [0.3, 0.4) is 0 Å². The number of carbonyl (C=O) groups is 2. The van der Waals surface area contributed by atoms with Gasteiger partial charge in [-0.1, -0.05) is 13.8 Å². The maximum atomic E-state index is 12.5. The van der Waals surface area contributed by atoms with Crippen molar-refractivity contribution in [3.05, 3.63) is 18.2 Å². The summed E-state index contributed by atoms with van der Waals surface area (Å²) >= 11 is 1.60. The number of nitrogens with one attached hydrogen (secondary N) is 1. The van der Waals surface area contributed by atoms with E-state index in [0.717, 1.165) is 12.8 Å². The number of imidazole rings is 1. The summed E-state index contributed by atoms with van der Waals surface area (Å²) in [4.78, 5) is 30.8. The number of rotatable bonds is 6. The van der Waals surface area contributed by atoms with Crippen LogP contribution in [0, 0.1) is 5.92 Å². The number of hydrogen-bond donors (Lipinski definition) is 1. The van der Waals surface area contributed by atoms with Crippen molar-refractivity contribution in [2.45, 2.75) is 45.7 Å². The minimum atomic E-state index is -0.406. The van der Waals surface area contributed by atoms with Crippen LogP contribution in [0.1, 0.15) is 44.1 Å². The third-order valence-corrected chi connectivity index (χ3v) is 4.95. The molecule has 0 spiro atoms. The molecular formula is C16H26N4O2S. The van der Waals surface area contributed by atoms with Crippen LogP contribution in [0.4, 0.5) is 0 Å². The van der Waals surface area contributed by atoms with E-state index in [2.05, 4.69) is 24.1 Å². The standard InChI is InChI=1S/C16H26N4O2S/c1-11(2)5-6-12(3)18-15(21)14-8-23-10-20(14)16(22)13-7-19(4)9-17-13/h7,9,11-12,14H,5-6,8,10H2,1-4H3,(H,18,21). The quantitative estimate of drug-likeness (QED) is 0.860. The van der Waals surface area contributed by atoms with Gasteiger partial charge in [0.05, 0.1) is 12.2 Å². The van der Waals surface area contributed by atoms with Gasteiger partial charge in [-0.25, -0.2) is 4.98 Å². The van der Waals surface area contributed by atoms with Crippen molar-refractivity contribution < 1.29 is 9.59 Å². The molecule has 0 aliphatic carbocycles. The Hall–Kier alpha value is -1.50. The van der Waals surface area contributed by atoms with Crippen LogP contribution in [0.25, 0.3) is 0 Å². The third kappa shape index (κ3) is 4.73. The lowest BCUT2D eigenvalue weighted by Gasteiger charge is -2.24. The van der Waals surface area contributed by atoms with Crippen LogP contribution in [0.2, 0.25) is 0 Å². The maximum absolute atomic E-state index is 12.5. The third-order valence-electron chi connectivity index (χ3n) is 3.94. The van der Waals surface area contributed by atoms with Crippen LogP contribution in [-0.2, 0) is 11.8 Å². The normalized spacial score (nSPS) is 19.2. The van der Waals surface area contributed by atoms with Crippen molar-refractivity contribution in [1.29, 1.82) is 0 Å². The molecule has 6 nitrogen and oxygen atoms in total. The number of aromatic nitrogens is 2. The van der Waals surface area contributed by atoms with E-state index in [4.69, 9.17) is 0 Å². The van der Waals surface area contributed by atoms with Gasteiger partial charge in [-0.05, 0) is 25.7 Å². The predicted octanol–water partition coefficient (Wildman–Crippen LogP) is 1.88. The molecule has 1 fully saturated rings. The van der Waals surface area contributed by atoms with Gasteiger partial charge in [-0.2, -0.15) is 0 Å². The maximum Gasteiger partial charge on any atom is 0.275 e. The Balaban J connectivity index is 1.95. The zero-order chi connectivity index (χ0) is 17.0. The van der Waals surface area contributed by atoms with Crippen LogP contribution in [0.15, 0.2) is 12.5 Å². The Labute approximate surface area is 142 Å². The number of nitrogens with zero attached hydrogens (tertiary/aromatic N) is 3. The molecule has 0 saturated carbocycles. The summed E-state index contributed by atoms with van der Waals surface area (Å²) < 4.78 is 1.74. The molecule has 23 heavy (non-hydrogen) atoms. The van der Waals surface area contributed by atoms with Crippen LogP contribution in [-0.4, -0.2) is 50.0 Å². The van der Waals surface area contributed by atoms with E-state index in [1.165, 1.54) is 0 Å². The number of hydrogen-bond acceptors (Lipinski definition) is 4. The van der Waals surface area contributed by atoms with E-state index in [0.29, 0.717) is 23.2 Å². The first kappa shape index (κ1) is 17.8. The molecule has 0 radical (unpaired) electrons. The zero-order valence-corrected chi connectivity index (χ0v) is 15.1. The highest BCUT2D eigenvalue weighted by Crippen LogP contribution is 2.23. The molecule has 2 atom stereocenters. The molecule has 7 heteroatoms. The van der Waals surface area contributed by atoms with Crippen LogP contribution >= 0.6 is 11.8 Å². The van der Waals surface area contributed by atoms with E-state index in [1.54, 1.807) is 33.8 Å². The average Bonchev–Trinajstić information content (AvgIpc) is 3.13. The average molecular weight is 338 g/mol. The molecule has 0 bridgehead atoms. The molecule has 2 heterocycles. The van der Waals surface area contributed by atoms with Gasteiger partial charge in [-0.3, -0.25) is 9.59 Å². The summed E-state index contributed by atoms with van der Waals surface area (Å²) in [5, 5.41) is 3.05. The molecule has 1 aliphatic heterocycles. The highest BCUT2D eigenvalue weighted by atomic mass is 32.2. The van der Waals surface area contributed by atoms with Gasteiger partial charge in [-0.15, -0.1) is 11.8 Å². The highest BCUT2D eigenvalue weighted by molar-refractivity contribution is 7.99. The summed E-state index contributed by atoms with van der Waals surface area (Å²) in [6, 6.07) is -0.279. The first-order chi connectivity index (χ1) is 10.9. The largest absolute Gasteiger partial charge is 0.352 e. The number of amides is 2. The molecule has 2 amide bonds. The van der Waals surface area contributed by atoms with E-state index in [-0.39, 0.29) is 17.9 Å². The van der Waals surface area contributed by atoms with Gasteiger partial charge in [0.1, 0.15) is 11.7 Å². The predicted molar refractivity (Wildman–Crippen MR) is 92.2 cm³/mol. The topological polar surface area (TPSA) is 67.2 Å². The van der Waals surface area contributed by atoms with Crippen molar-refractivity contribution in [3.8, 4) is 0 Å². The van der Waals surface area contributed by atoms with Crippen molar-refractivity contribution in [2.24, 2.45) is 13.0 Å². The minimum Gasteiger partial charge on any atom is -0.352 e. The van der Waals surface area contributed by atoms with Crippen molar-refractivity contribution in [2.75, 3.05) is 11.6 Å². The molecule has 1 aromatic rings. The van der Waals surface area contributed by atoms with Crippen LogP contribution < -0.4 is 5.32 Å². The Kier molecular flexibility index (Phi) is 6.10. The highest BCUT2D eigenvalue weighted by Gasteiger charge is 2.36. The number of carbonyl (C=O) groups excluding carboxylic acids is 2. The second-order valence-electron chi connectivity index (χ2n) is 6.60. The Morgan fingerprint density at radius 3 is 2.74 bits per heavy atom. The van der Waals surface area contributed by atoms with E-state index in [9.17, 15) is 9.59 Å². The molecule has 1 aromatic heterocycles. The van der Waals surface area contributed by atoms with E-state index >= 15 is 0 Å². The monoisotopic (exact) mass is 338 g/mol. The van der Waals surface area contributed by atoms with Gasteiger partial charge in [0.2, 0.25) is 5.91 Å². The summed E-state index contributed by atoms with van der Waals surface area (Å²) in [5.41, 5.74) is 0.389. The molecule has 2 rings (SSSR count). The molecule has 0 aromatic carbocycles. The van der Waals surface area contributed by atoms with Gasteiger partial charge in [0.25, 0.3) is 5.91 Å². The first-order valence-corrected chi connectivity index (χ1v) is 9.21. The van der Waals surface area contributed by atoms with Crippen molar-refractivity contribution >= 4 is 23.6 Å². The van der Waals surface area contributed by atoms with Gasteiger partial charge < -0.3 is 14.8 Å². The van der Waals surface area contributed by atoms with Gasteiger partial charge >= 0.3 is 0 Å². The Morgan fingerprint density at radius 2 is 2.13 bits per heavy atom. The molecule has 2 unspecified atom stereocenters.